The smallest absolute Gasteiger partial charge is 0.343 e. The molecule has 0 aromatic heterocycles. The molecular weight excluding hydrogens is 470 g/mol. The van der Waals surface area contributed by atoms with Gasteiger partial charge in [-0.15, -0.1) is 0 Å². The van der Waals surface area contributed by atoms with Crippen LogP contribution in [-0.4, -0.2) is 12.6 Å². The van der Waals surface area contributed by atoms with Crippen molar-refractivity contribution in [1.29, 1.82) is 0 Å². The molecule has 0 radical (unpaired) electrons. The first kappa shape index (κ1) is 26.8. The van der Waals surface area contributed by atoms with E-state index in [1.807, 2.05) is 12.1 Å². The Morgan fingerprint density at radius 2 is 1.38 bits per heavy atom. The molecule has 1 aliphatic carbocycles. The van der Waals surface area contributed by atoms with Gasteiger partial charge in [-0.1, -0.05) is 69.0 Å². The fraction of sp³-hybridized carbons (Fsp3) is 0.406. The van der Waals surface area contributed by atoms with Crippen molar-refractivity contribution in [1.82, 2.24) is 0 Å². The molecule has 3 nitrogen and oxygen atoms in total. The minimum Gasteiger partial charge on any atom is -0.491 e. The molecule has 0 aliphatic heterocycles. The van der Waals surface area contributed by atoms with Crippen molar-refractivity contribution >= 4 is 5.97 Å². The highest BCUT2D eigenvalue weighted by Crippen LogP contribution is 2.38. The molecule has 0 N–H and O–H groups in total. The average molecular weight is 507 g/mol. The molecule has 4 rings (SSSR count). The van der Waals surface area contributed by atoms with Gasteiger partial charge in [0, 0.05) is 0 Å². The number of hydrogen-bond donors (Lipinski definition) is 0. The van der Waals surface area contributed by atoms with Gasteiger partial charge in [0.05, 0.1) is 12.2 Å². The topological polar surface area (TPSA) is 35.5 Å². The van der Waals surface area contributed by atoms with Crippen molar-refractivity contribution in [3.05, 3.63) is 83.4 Å². The van der Waals surface area contributed by atoms with Gasteiger partial charge in [0.1, 0.15) is 0 Å². The van der Waals surface area contributed by atoms with E-state index in [1.54, 1.807) is 19.1 Å². The van der Waals surface area contributed by atoms with Gasteiger partial charge in [0.2, 0.25) is 11.6 Å². The SMILES string of the molecule is CCCCCC1CCC(c2ccc(-c3ccc(C(=O)Oc4ccc(OCC)c(F)c4F)cc3)cc2)CC1. The molecule has 0 unspecified atom stereocenters. The molecule has 0 atom stereocenters. The molecule has 1 saturated carbocycles. The minimum atomic E-state index is -1.25. The number of halogens is 2. The van der Waals surface area contributed by atoms with Crippen LogP contribution in [0.4, 0.5) is 8.78 Å². The lowest BCUT2D eigenvalue weighted by atomic mass is 9.77. The Morgan fingerprint density at radius 3 is 2.00 bits per heavy atom. The third-order valence-electron chi connectivity index (χ3n) is 7.41. The van der Waals surface area contributed by atoms with Gasteiger partial charge in [0.15, 0.2) is 11.5 Å². The largest absolute Gasteiger partial charge is 0.491 e. The van der Waals surface area contributed by atoms with Crippen LogP contribution in [0, 0.1) is 17.6 Å². The van der Waals surface area contributed by atoms with Crippen molar-refractivity contribution in [3.63, 3.8) is 0 Å². The molecule has 0 saturated heterocycles. The summed E-state index contributed by atoms with van der Waals surface area (Å²) < 4.78 is 38.5. The van der Waals surface area contributed by atoms with Crippen LogP contribution in [0.3, 0.4) is 0 Å². The fourth-order valence-electron chi connectivity index (χ4n) is 5.23. The quantitative estimate of drug-likeness (QED) is 0.156. The summed E-state index contributed by atoms with van der Waals surface area (Å²) in [5, 5.41) is 0. The van der Waals surface area contributed by atoms with Crippen molar-refractivity contribution in [3.8, 4) is 22.6 Å². The maximum Gasteiger partial charge on any atom is 0.343 e. The monoisotopic (exact) mass is 506 g/mol. The first-order valence-corrected chi connectivity index (χ1v) is 13.5. The lowest BCUT2D eigenvalue weighted by Gasteiger charge is -2.29. The molecule has 37 heavy (non-hydrogen) atoms. The van der Waals surface area contributed by atoms with E-state index in [0.717, 1.165) is 17.0 Å². The molecule has 3 aromatic carbocycles. The maximum absolute atomic E-state index is 14.3. The number of unbranched alkanes of at least 4 members (excludes halogenated alkanes) is 2. The van der Waals surface area contributed by atoms with Crippen molar-refractivity contribution in [2.75, 3.05) is 6.61 Å². The molecule has 0 amide bonds. The van der Waals surface area contributed by atoms with Crippen LogP contribution in [0.2, 0.25) is 0 Å². The normalized spacial score (nSPS) is 17.4. The van der Waals surface area contributed by atoms with E-state index in [2.05, 4.69) is 31.2 Å². The third kappa shape index (κ3) is 6.76. The van der Waals surface area contributed by atoms with E-state index in [-0.39, 0.29) is 17.9 Å². The van der Waals surface area contributed by atoms with E-state index in [9.17, 15) is 13.6 Å². The molecule has 1 fully saturated rings. The Labute approximate surface area is 218 Å². The average Bonchev–Trinajstić information content (AvgIpc) is 2.93. The van der Waals surface area contributed by atoms with Crippen molar-refractivity contribution < 1.29 is 23.0 Å². The zero-order valence-corrected chi connectivity index (χ0v) is 21.8. The minimum absolute atomic E-state index is 0.199. The predicted molar refractivity (Wildman–Crippen MR) is 143 cm³/mol. The molecule has 5 heteroatoms. The number of carbonyl (C=O) groups is 1. The molecular formula is C32H36F2O3. The number of carbonyl (C=O) groups excluding carboxylic acids is 1. The molecule has 0 heterocycles. The summed E-state index contributed by atoms with van der Waals surface area (Å²) in [6.07, 6.45) is 10.6. The zero-order valence-electron chi connectivity index (χ0n) is 21.8. The fourth-order valence-corrected chi connectivity index (χ4v) is 5.23. The Morgan fingerprint density at radius 1 is 0.784 bits per heavy atom. The van der Waals surface area contributed by atoms with E-state index < -0.39 is 23.4 Å². The summed E-state index contributed by atoms with van der Waals surface area (Å²) >= 11 is 0. The Balaban J connectivity index is 1.34. The highest BCUT2D eigenvalue weighted by molar-refractivity contribution is 5.91. The number of ether oxygens (including phenoxy) is 2. The van der Waals surface area contributed by atoms with Crippen LogP contribution in [-0.2, 0) is 0 Å². The van der Waals surface area contributed by atoms with Gasteiger partial charge >= 0.3 is 5.97 Å². The third-order valence-corrected chi connectivity index (χ3v) is 7.41. The van der Waals surface area contributed by atoms with Gasteiger partial charge in [-0.3, -0.25) is 0 Å². The lowest BCUT2D eigenvalue weighted by Crippen LogP contribution is -2.13. The summed E-state index contributed by atoms with van der Waals surface area (Å²) in [7, 11) is 0. The van der Waals surface area contributed by atoms with Crippen LogP contribution in [0.5, 0.6) is 11.5 Å². The van der Waals surface area contributed by atoms with Crippen LogP contribution < -0.4 is 9.47 Å². The standard InChI is InChI=1S/C32H36F2O3/c1-3-5-6-7-22-8-10-23(11-9-22)24-12-14-25(15-13-24)26-16-18-27(19-17-26)32(35)37-29-21-20-28(36-4-2)30(33)31(29)34/h12-23H,3-11H2,1-2H3. The first-order chi connectivity index (χ1) is 18.0. The van der Waals surface area contributed by atoms with Crippen molar-refractivity contribution in [2.45, 2.75) is 71.1 Å². The van der Waals surface area contributed by atoms with Gasteiger partial charge in [-0.2, -0.15) is 8.78 Å². The maximum atomic E-state index is 14.3. The molecule has 1 aliphatic rings. The summed E-state index contributed by atoms with van der Waals surface area (Å²) in [6.45, 7) is 4.13. The van der Waals surface area contributed by atoms with E-state index in [1.165, 1.54) is 69.1 Å². The Hall–Kier alpha value is -3.21. The number of hydrogen-bond acceptors (Lipinski definition) is 3. The predicted octanol–water partition coefficient (Wildman–Crippen LogP) is 9.10. The van der Waals surface area contributed by atoms with Gasteiger partial charge in [-0.25, -0.2) is 4.79 Å². The first-order valence-electron chi connectivity index (χ1n) is 13.5. The van der Waals surface area contributed by atoms with Crippen LogP contribution in [0.15, 0.2) is 60.7 Å². The number of benzene rings is 3. The van der Waals surface area contributed by atoms with Crippen molar-refractivity contribution in [2.24, 2.45) is 5.92 Å². The van der Waals surface area contributed by atoms with Gasteiger partial charge in [0.25, 0.3) is 0 Å². The number of esters is 1. The number of rotatable bonds is 10. The summed E-state index contributed by atoms with van der Waals surface area (Å²) in [5.74, 6) is -2.33. The van der Waals surface area contributed by atoms with Crippen LogP contribution in [0.25, 0.3) is 11.1 Å². The summed E-state index contributed by atoms with van der Waals surface area (Å²) in [5.41, 5.74) is 3.70. The van der Waals surface area contributed by atoms with E-state index >= 15 is 0 Å². The van der Waals surface area contributed by atoms with Gasteiger partial charge in [-0.05, 0) is 85.4 Å². The highest BCUT2D eigenvalue weighted by Gasteiger charge is 2.22. The highest BCUT2D eigenvalue weighted by atomic mass is 19.2. The van der Waals surface area contributed by atoms with Crippen LogP contribution in [0.1, 0.15) is 87.1 Å². The molecule has 0 spiro atoms. The second-order valence-electron chi connectivity index (χ2n) is 9.93. The van der Waals surface area contributed by atoms with Crippen LogP contribution >= 0.6 is 0 Å². The second kappa shape index (κ2) is 12.8. The lowest BCUT2D eigenvalue weighted by molar-refractivity contribution is 0.0726. The van der Waals surface area contributed by atoms with Gasteiger partial charge < -0.3 is 9.47 Å². The second-order valence-corrected chi connectivity index (χ2v) is 9.93. The van der Waals surface area contributed by atoms with E-state index in [4.69, 9.17) is 9.47 Å². The molecule has 0 bridgehead atoms. The summed E-state index contributed by atoms with van der Waals surface area (Å²) in [6, 6.07) is 18.1. The zero-order chi connectivity index (χ0) is 26.2. The summed E-state index contributed by atoms with van der Waals surface area (Å²) in [4.78, 5) is 12.5. The Kier molecular flexibility index (Phi) is 9.32. The Bertz CT molecular complexity index is 1160. The van der Waals surface area contributed by atoms with E-state index in [0.29, 0.717) is 5.92 Å². The molecule has 3 aromatic rings. The molecule has 196 valence electrons.